The van der Waals surface area contributed by atoms with Gasteiger partial charge in [0.2, 0.25) is 5.75 Å². The second kappa shape index (κ2) is 7.78. The molecule has 0 N–H and O–H groups in total. The van der Waals surface area contributed by atoms with Gasteiger partial charge in [0, 0.05) is 11.1 Å². The highest BCUT2D eigenvalue weighted by Crippen LogP contribution is 2.41. The minimum atomic E-state index is 0.560. The molecule has 3 aromatic rings. The zero-order chi connectivity index (χ0) is 18.5. The van der Waals surface area contributed by atoms with Gasteiger partial charge in [0.15, 0.2) is 11.5 Å². The summed E-state index contributed by atoms with van der Waals surface area (Å²) < 4.78 is 21.5. The van der Waals surface area contributed by atoms with E-state index in [1.165, 1.54) is 0 Å². The average molecular weight is 351 g/mol. The van der Waals surface area contributed by atoms with Crippen LogP contribution in [0.3, 0.4) is 0 Å². The minimum absolute atomic E-state index is 0.560. The van der Waals surface area contributed by atoms with Gasteiger partial charge >= 0.3 is 0 Å². The molecule has 0 saturated carbocycles. The highest BCUT2D eigenvalue weighted by atomic mass is 16.5. The Morgan fingerprint density at radius 1 is 0.615 bits per heavy atom. The smallest absolute Gasteiger partial charge is 0.203 e. The Bertz CT molecular complexity index is 866. The number of aromatic nitrogens is 1. The average Bonchev–Trinajstić information content (AvgIpc) is 2.72. The Kier molecular flexibility index (Phi) is 5.27. The molecular weight excluding hydrogens is 330 g/mol. The molecule has 0 aliphatic rings. The summed E-state index contributed by atoms with van der Waals surface area (Å²) in [6, 6.07) is 17.5. The first kappa shape index (κ1) is 17.6. The van der Waals surface area contributed by atoms with Crippen molar-refractivity contribution < 1.29 is 18.9 Å². The zero-order valence-corrected chi connectivity index (χ0v) is 15.3. The van der Waals surface area contributed by atoms with Crippen LogP contribution in [-0.2, 0) is 0 Å². The number of nitrogens with zero attached hydrogens (tertiary/aromatic N) is 1. The Labute approximate surface area is 153 Å². The summed E-state index contributed by atoms with van der Waals surface area (Å²) >= 11 is 0. The van der Waals surface area contributed by atoms with Gasteiger partial charge in [-0.2, -0.15) is 0 Å². The van der Waals surface area contributed by atoms with Crippen LogP contribution in [0.1, 0.15) is 0 Å². The second-order valence-corrected chi connectivity index (χ2v) is 5.55. The van der Waals surface area contributed by atoms with E-state index in [9.17, 15) is 0 Å². The lowest BCUT2D eigenvalue weighted by atomic mass is 10.1. The summed E-state index contributed by atoms with van der Waals surface area (Å²) in [5.41, 5.74) is 3.59. The first-order valence-corrected chi connectivity index (χ1v) is 8.12. The molecule has 0 saturated heterocycles. The molecule has 0 atom stereocenters. The van der Waals surface area contributed by atoms with Crippen LogP contribution < -0.4 is 18.9 Å². The third-order valence-electron chi connectivity index (χ3n) is 4.10. The zero-order valence-electron chi connectivity index (χ0n) is 15.3. The summed E-state index contributed by atoms with van der Waals surface area (Å²) in [4.78, 5) is 4.78. The number of hydrogen-bond donors (Lipinski definition) is 0. The number of rotatable bonds is 6. The summed E-state index contributed by atoms with van der Waals surface area (Å²) in [6.45, 7) is 0. The van der Waals surface area contributed by atoms with Crippen LogP contribution in [0.25, 0.3) is 22.5 Å². The standard InChI is InChI=1S/C21H21NO4/c1-23-16-10-8-14(9-11-16)17-6-5-7-18(22-17)15-12-19(24-2)21(26-4)20(13-15)25-3/h5-13H,1-4H3. The van der Waals surface area contributed by atoms with E-state index in [0.29, 0.717) is 17.2 Å². The van der Waals surface area contributed by atoms with Gasteiger partial charge in [-0.25, -0.2) is 4.98 Å². The van der Waals surface area contributed by atoms with Crippen LogP contribution in [0.15, 0.2) is 54.6 Å². The summed E-state index contributed by atoms with van der Waals surface area (Å²) in [6.07, 6.45) is 0. The van der Waals surface area contributed by atoms with Crippen molar-refractivity contribution in [1.82, 2.24) is 4.98 Å². The third-order valence-corrected chi connectivity index (χ3v) is 4.10. The predicted molar refractivity (Wildman–Crippen MR) is 101 cm³/mol. The largest absolute Gasteiger partial charge is 0.497 e. The molecule has 0 aliphatic heterocycles. The second-order valence-electron chi connectivity index (χ2n) is 5.55. The van der Waals surface area contributed by atoms with E-state index >= 15 is 0 Å². The van der Waals surface area contributed by atoms with Crippen LogP contribution in [0.4, 0.5) is 0 Å². The molecule has 5 nitrogen and oxygen atoms in total. The van der Waals surface area contributed by atoms with Gasteiger partial charge in [-0.1, -0.05) is 6.07 Å². The number of methoxy groups -OCH3 is 4. The maximum Gasteiger partial charge on any atom is 0.203 e. The van der Waals surface area contributed by atoms with Crippen LogP contribution in [-0.4, -0.2) is 33.4 Å². The molecule has 0 fully saturated rings. The van der Waals surface area contributed by atoms with Crippen molar-refractivity contribution in [2.75, 3.05) is 28.4 Å². The first-order chi connectivity index (χ1) is 12.7. The van der Waals surface area contributed by atoms with Gasteiger partial charge in [-0.3, -0.25) is 0 Å². The fourth-order valence-electron chi connectivity index (χ4n) is 2.75. The third kappa shape index (κ3) is 3.42. The molecule has 0 radical (unpaired) electrons. The Balaban J connectivity index is 2.04. The molecule has 26 heavy (non-hydrogen) atoms. The van der Waals surface area contributed by atoms with E-state index in [0.717, 1.165) is 28.3 Å². The fraction of sp³-hybridized carbons (Fsp3) is 0.190. The Morgan fingerprint density at radius 2 is 1.19 bits per heavy atom. The maximum atomic E-state index is 5.43. The van der Waals surface area contributed by atoms with Gasteiger partial charge in [-0.15, -0.1) is 0 Å². The van der Waals surface area contributed by atoms with Gasteiger partial charge in [0.1, 0.15) is 5.75 Å². The van der Waals surface area contributed by atoms with Gasteiger partial charge < -0.3 is 18.9 Å². The lowest BCUT2D eigenvalue weighted by molar-refractivity contribution is 0.324. The van der Waals surface area contributed by atoms with Crippen LogP contribution >= 0.6 is 0 Å². The highest BCUT2D eigenvalue weighted by molar-refractivity contribution is 5.71. The lowest BCUT2D eigenvalue weighted by Crippen LogP contribution is -1.96. The molecule has 3 rings (SSSR count). The summed E-state index contributed by atoms with van der Waals surface area (Å²) in [7, 11) is 6.44. The molecule has 1 heterocycles. The Morgan fingerprint density at radius 3 is 1.69 bits per heavy atom. The number of hydrogen-bond acceptors (Lipinski definition) is 5. The predicted octanol–water partition coefficient (Wildman–Crippen LogP) is 4.45. The lowest BCUT2D eigenvalue weighted by Gasteiger charge is -2.14. The number of pyridine rings is 1. The molecule has 0 bridgehead atoms. The molecular formula is C21H21NO4. The fourth-order valence-corrected chi connectivity index (χ4v) is 2.75. The van der Waals surface area contributed by atoms with Crippen molar-refractivity contribution >= 4 is 0 Å². The molecule has 134 valence electrons. The van der Waals surface area contributed by atoms with Crippen molar-refractivity contribution in [3.8, 4) is 45.5 Å². The first-order valence-electron chi connectivity index (χ1n) is 8.12. The van der Waals surface area contributed by atoms with Crippen molar-refractivity contribution in [2.24, 2.45) is 0 Å². The minimum Gasteiger partial charge on any atom is -0.497 e. The molecule has 0 spiro atoms. The van der Waals surface area contributed by atoms with Crippen LogP contribution in [0.2, 0.25) is 0 Å². The van der Waals surface area contributed by atoms with Gasteiger partial charge in [0.05, 0.1) is 39.8 Å². The van der Waals surface area contributed by atoms with Crippen LogP contribution in [0.5, 0.6) is 23.0 Å². The van der Waals surface area contributed by atoms with Crippen LogP contribution in [0, 0.1) is 0 Å². The molecule has 0 amide bonds. The molecule has 2 aromatic carbocycles. The molecule has 5 heteroatoms. The highest BCUT2D eigenvalue weighted by Gasteiger charge is 2.15. The van der Waals surface area contributed by atoms with Crippen molar-refractivity contribution in [3.63, 3.8) is 0 Å². The van der Waals surface area contributed by atoms with E-state index in [1.54, 1.807) is 28.4 Å². The van der Waals surface area contributed by atoms with E-state index in [4.69, 9.17) is 23.9 Å². The van der Waals surface area contributed by atoms with Gasteiger partial charge in [-0.05, 0) is 48.5 Å². The monoisotopic (exact) mass is 351 g/mol. The van der Waals surface area contributed by atoms with E-state index in [-0.39, 0.29) is 0 Å². The van der Waals surface area contributed by atoms with E-state index in [1.807, 2.05) is 54.6 Å². The number of benzene rings is 2. The molecule has 1 aromatic heterocycles. The normalized spacial score (nSPS) is 10.3. The van der Waals surface area contributed by atoms with Crippen molar-refractivity contribution in [1.29, 1.82) is 0 Å². The van der Waals surface area contributed by atoms with E-state index in [2.05, 4.69) is 0 Å². The topological polar surface area (TPSA) is 49.8 Å². The van der Waals surface area contributed by atoms with E-state index < -0.39 is 0 Å². The molecule has 0 unspecified atom stereocenters. The summed E-state index contributed by atoms with van der Waals surface area (Å²) in [5, 5.41) is 0. The van der Waals surface area contributed by atoms with Gasteiger partial charge in [0.25, 0.3) is 0 Å². The number of ether oxygens (including phenoxy) is 4. The molecule has 0 aliphatic carbocycles. The maximum absolute atomic E-state index is 5.43. The summed E-state index contributed by atoms with van der Waals surface area (Å²) in [5.74, 6) is 2.57. The Hall–Kier alpha value is -3.21. The van der Waals surface area contributed by atoms with Crippen molar-refractivity contribution in [2.45, 2.75) is 0 Å². The SMILES string of the molecule is COc1ccc(-c2cccc(-c3cc(OC)c(OC)c(OC)c3)n2)cc1. The quantitative estimate of drug-likeness (QED) is 0.657. The van der Waals surface area contributed by atoms with Crippen molar-refractivity contribution in [3.05, 3.63) is 54.6 Å².